The van der Waals surface area contributed by atoms with Crippen molar-refractivity contribution in [2.75, 3.05) is 30.4 Å². The number of rotatable bonds is 2. The van der Waals surface area contributed by atoms with Crippen LogP contribution in [0.3, 0.4) is 0 Å². The van der Waals surface area contributed by atoms with Crippen molar-refractivity contribution in [2.45, 2.75) is 32.9 Å². The third-order valence-corrected chi connectivity index (χ3v) is 5.95. The first kappa shape index (κ1) is 20.9. The molecule has 0 aliphatic carbocycles. The maximum Gasteiger partial charge on any atom is 0.321 e. The summed E-state index contributed by atoms with van der Waals surface area (Å²) in [5.41, 5.74) is 3.42. The summed E-state index contributed by atoms with van der Waals surface area (Å²) < 4.78 is 0. The fourth-order valence-corrected chi connectivity index (χ4v) is 4.08. The molecule has 1 atom stereocenters. The molecule has 2 aliphatic rings. The van der Waals surface area contributed by atoms with Crippen molar-refractivity contribution in [2.24, 2.45) is 10.9 Å². The first-order valence-electron chi connectivity index (χ1n) is 10.8. The number of nitrogens with one attached hydrogen (secondary N) is 2. The van der Waals surface area contributed by atoms with Gasteiger partial charge in [0.05, 0.1) is 5.69 Å². The Bertz CT molecular complexity index is 1010. The van der Waals surface area contributed by atoms with Gasteiger partial charge in [0.2, 0.25) is 6.17 Å². The molecule has 0 radical (unpaired) electrons. The van der Waals surface area contributed by atoms with Crippen molar-refractivity contribution in [1.82, 2.24) is 10.2 Å². The number of benzodiazepines with no additional fused rings is 1. The number of benzene rings is 2. The Labute approximate surface area is 183 Å². The molecule has 31 heavy (non-hydrogen) atoms. The van der Waals surface area contributed by atoms with Crippen LogP contribution in [-0.4, -0.2) is 49.0 Å². The van der Waals surface area contributed by atoms with Crippen LogP contribution in [0.25, 0.3) is 0 Å². The standard InChI is InChI=1S/C24H29N5O2/c1-16-11-13-29(14-12-16)22-19-9-4-5-10-20(19)28(3)23(30)21(26-22)27-24(31)25-18-8-6-7-17(2)15-18/h4-10,15-16,21H,11-14H2,1-3H3,(H2,25,27,31). The first-order chi connectivity index (χ1) is 14.9. The molecule has 7 nitrogen and oxygen atoms in total. The first-order valence-corrected chi connectivity index (χ1v) is 10.8. The number of piperidine rings is 1. The molecule has 1 fully saturated rings. The number of urea groups is 1. The molecule has 2 aromatic carbocycles. The van der Waals surface area contributed by atoms with Crippen LogP contribution in [0.4, 0.5) is 16.2 Å². The molecule has 4 rings (SSSR count). The van der Waals surface area contributed by atoms with Crippen LogP contribution < -0.4 is 15.5 Å². The second-order valence-electron chi connectivity index (χ2n) is 8.41. The Balaban J connectivity index is 1.63. The highest BCUT2D eigenvalue weighted by molar-refractivity contribution is 6.12. The lowest BCUT2D eigenvalue weighted by Crippen LogP contribution is -2.48. The summed E-state index contributed by atoms with van der Waals surface area (Å²) in [6.45, 7) is 5.99. The fourth-order valence-electron chi connectivity index (χ4n) is 4.08. The highest BCUT2D eigenvalue weighted by Gasteiger charge is 2.33. The molecule has 1 saturated heterocycles. The summed E-state index contributed by atoms with van der Waals surface area (Å²) in [6, 6.07) is 14.8. The van der Waals surface area contributed by atoms with Crippen LogP contribution in [0.15, 0.2) is 53.5 Å². The molecular weight excluding hydrogens is 390 g/mol. The van der Waals surface area contributed by atoms with Gasteiger partial charge in [-0.15, -0.1) is 0 Å². The van der Waals surface area contributed by atoms with Gasteiger partial charge in [-0.1, -0.05) is 31.2 Å². The van der Waals surface area contributed by atoms with Crippen molar-refractivity contribution in [3.63, 3.8) is 0 Å². The molecule has 0 aromatic heterocycles. The minimum absolute atomic E-state index is 0.271. The second-order valence-corrected chi connectivity index (χ2v) is 8.41. The quantitative estimate of drug-likeness (QED) is 0.781. The lowest BCUT2D eigenvalue weighted by atomic mass is 9.98. The SMILES string of the molecule is Cc1cccc(NC(=O)NC2N=C(N3CCC(C)CC3)c3ccccc3N(C)C2=O)c1. The summed E-state index contributed by atoms with van der Waals surface area (Å²) in [5.74, 6) is 1.17. The number of hydrogen-bond donors (Lipinski definition) is 2. The molecule has 0 bridgehead atoms. The molecular formula is C24H29N5O2. The van der Waals surface area contributed by atoms with Crippen molar-refractivity contribution in [3.8, 4) is 0 Å². The summed E-state index contributed by atoms with van der Waals surface area (Å²) >= 11 is 0. The third kappa shape index (κ3) is 4.55. The number of fused-ring (bicyclic) bond motifs is 1. The van der Waals surface area contributed by atoms with Gasteiger partial charge in [-0.3, -0.25) is 4.79 Å². The van der Waals surface area contributed by atoms with Crippen LogP contribution in [0.5, 0.6) is 0 Å². The van der Waals surface area contributed by atoms with E-state index in [4.69, 9.17) is 4.99 Å². The number of hydrogen-bond acceptors (Lipinski definition) is 4. The van der Waals surface area contributed by atoms with Gasteiger partial charge in [-0.2, -0.15) is 0 Å². The molecule has 2 aromatic rings. The van der Waals surface area contributed by atoms with E-state index < -0.39 is 12.2 Å². The third-order valence-electron chi connectivity index (χ3n) is 5.95. The topological polar surface area (TPSA) is 77.0 Å². The molecule has 0 saturated carbocycles. The van der Waals surface area contributed by atoms with E-state index in [9.17, 15) is 9.59 Å². The number of aliphatic imine (C=N–C) groups is 1. The zero-order chi connectivity index (χ0) is 22.0. The summed E-state index contributed by atoms with van der Waals surface area (Å²) in [5, 5.41) is 5.57. The normalized spacial score (nSPS) is 19.4. The average Bonchev–Trinajstić information content (AvgIpc) is 2.85. The minimum Gasteiger partial charge on any atom is -0.356 e. The van der Waals surface area contributed by atoms with Crippen LogP contribution in [0, 0.1) is 12.8 Å². The molecule has 0 spiro atoms. The Morgan fingerprint density at radius 1 is 1.10 bits per heavy atom. The number of nitrogens with zero attached hydrogens (tertiary/aromatic N) is 3. The Morgan fingerprint density at radius 3 is 2.58 bits per heavy atom. The number of anilines is 2. The van der Waals surface area contributed by atoms with E-state index in [2.05, 4.69) is 22.5 Å². The van der Waals surface area contributed by atoms with Gasteiger partial charge in [0.25, 0.3) is 5.91 Å². The van der Waals surface area contributed by atoms with E-state index >= 15 is 0 Å². The number of para-hydroxylation sites is 1. The summed E-state index contributed by atoms with van der Waals surface area (Å²) in [7, 11) is 1.73. The van der Waals surface area contributed by atoms with Gasteiger partial charge in [-0.25, -0.2) is 9.79 Å². The Morgan fingerprint density at radius 2 is 1.84 bits per heavy atom. The molecule has 162 valence electrons. The second kappa shape index (κ2) is 8.79. The number of amidine groups is 1. The summed E-state index contributed by atoms with van der Waals surface area (Å²) in [4.78, 5) is 34.5. The molecule has 3 amide bonds. The number of carbonyl (C=O) groups is 2. The van der Waals surface area contributed by atoms with Crippen molar-refractivity contribution < 1.29 is 9.59 Å². The smallest absolute Gasteiger partial charge is 0.321 e. The number of likely N-dealkylation sites (tertiary alicyclic amines) is 1. The fraction of sp³-hybridized carbons (Fsp3) is 0.375. The highest BCUT2D eigenvalue weighted by Crippen LogP contribution is 2.28. The lowest BCUT2D eigenvalue weighted by molar-refractivity contribution is -0.119. The predicted molar refractivity (Wildman–Crippen MR) is 123 cm³/mol. The largest absolute Gasteiger partial charge is 0.356 e. The zero-order valence-electron chi connectivity index (χ0n) is 18.3. The molecule has 1 unspecified atom stereocenters. The van der Waals surface area contributed by atoms with Gasteiger partial charge in [0, 0.05) is 31.4 Å². The molecule has 7 heteroatoms. The highest BCUT2D eigenvalue weighted by atomic mass is 16.2. The Hall–Kier alpha value is -3.35. The van der Waals surface area contributed by atoms with Crippen LogP contribution in [-0.2, 0) is 4.79 Å². The monoisotopic (exact) mass is 419 g/mol. The van der Waals surface area contributed by atoms with E-state index in [1.54, 1.807) is 11.9 Å². The molecule has 2 aliphatic heterocycles. The Kier molecular flexibility index (Phi) is 5.93. The van der Waals surface area contributed by atoms with Gasteiger partial charge < -0.3 is 20.4 Å². The molecule has 2 heterocycles. The maximum absolute atomic E-state index is 13.2. The lowest BCUT2D eigenvalue weighted by Gasteiger charge is -2.33. The van der Waals surface area contributed by atoms with Crippen molar-refractivity contribution in [1.29, 1.82) is 0 Å². The number of aryl methyl sites for hydroxylation is 1. The van der Waals surface area contributed by atoms with Crippen molar-refractivity contribution >= 4 is 29.1 Å². The van der Waals surface area contributed by atoms with Crippen LogP contribution >= 0.6 is 0 Å². The maximum atomic E-state index is 13.2. The number of amides is 3. The van der Waals surface area contributed by atoms with Crippen LogP contribution in [0.2, 0.25) is 0 Å². The zero-order valence-corrected chi connectivity index (χ0v) is 18.3. The minimum atomic E-state index is -1.00. The summed E-state index contributed by atoms with van der Waals surface area (Å²) in [6.07, 6.45) is 1.16. The van der Waals surface area contributed by atoms with E-state index in [1.165, 1.54) is 0 Å². The van der Waals surface area contributed by atoms with Gasteiger partial charge in [-0.05, 0) is 55.5 Å². The molecule has 2 N–H and O–H groups in total. The van der Waals surface area contributed by atoms with Gasteiger partial charge >= 0.3 is 6.03 Å². The van der Waals surface area contributed by atoms with E-state index in [1.807, 2.05) is 55.5 Å². The van der Waals surface area contributed by atoms with Gasteiger partial charge in [0.1, 0.15) is 5.84 Å². The average molecular weight is 420 g/mol. The number of carbonyl (C=O) groups excluding carboxylic acids is 2. The van der Waals surface area contributed by atoms with E-state index in [0.717, 1.165) is 48.6 Å². The van der Waals surface area contributed by atoms with Gasteiger partial charge in [0.15, 0.2) is 0 Å². The number of likely N-dealkylation sites (N-methyl/N-ethyl adjacent to an activating group) is 1. The van der Waals surface area contributed by atoms with Crippen LogP contribution in [0.1, 0.15) is 30.9 Å². The van der Waals surface area contributed by atoms with Crippen molar-refractivity contribution in [3.05, 3.63) is 59.7 Å². The van der Waals surface area contributed by atoms with E-state index in [-0.39, 0.29) is 5.91 Å². The van der Waals surface area contributed by atoms with E-state index in [0.29, 0.717) is 11.6 Å². The predicted octanol–water partition coefficient (Wildman–Crippen LogP) is 3.60.